The molecule has 0 atom stereocenters. The molecule has 2 heterocycles. The smallest absolute Gasteiger partial charge is 0.0786 e. The Labute approximate surface area is 230 Å². The number of fused-ring (bicyclic) bond motifs is 6. The summed E-state index contributed by atoms with van der Waals surface area (Å²) < 4.78 is 2.64. The molecule has 0 fully saturated rings. The van der Waals surface area contributed by atoms with E-state index < -0.39 is 0 Å². The van der Waals surface area contributed by atoms with E-state index >= 15 is 0 Å². The fraction of sp³-hybridized carbons (Fsp3) is 0. The monoisotopic (exact) mass is 513 g/mol. The zero-order chi connectivity index (χ0) is 25.8. The standard InChI is InChI=1S/C37H23NS/c1-2-8-24(9-3-1)27-11-4-12-28(22-27)31-15-6-16-32-33-23-29(19-20-34(33)39-37(31)32)30-14-5-10-25-17-18-26-13-7-21-38-36(26)35(25)30/h1-23H. The normalized spacial score (nSPS) is 11.6. The first-order chi connectivity index (χ1) is 19.3. The molecule has 0 unspecified atom stereocenters. The zero-order valence-corrected chi connectivity index (χ0v) is 22.0. The lowest BCUT2D eigenvalue weighted by Gasteiger charge is -2.10. The van der Waals surface area contributed by atoms with Crippen LogP contribution in [0.15, 0.2) is 140 Å². The number of thiophene rings is 1. The SMILES string of the molecule is c1ccc(-c2cccc(-c3cccc4c3sc3ccc(-c5cccc6ccc7cccnc7c56)cc34)c2)cc1. The first-order valence-electron chi connectivity index (χ1n) is 13.2. The molecule has 0 N–H and O–H groups in total. The largest absolute Gasteiger partial charge is 0.256 e. The molecule has 0 radical (unpaired) electrons. The van der Waals surface area contributed by atoms with Crippen LogP contribution in [0.5, 0.6) is 0 Å². The summed E-state index contributed by atoms with van der Waals surface area (Å²) in [6, 6.07) is 48.2. The molecule has 8 rings (SSSR count). The van der Waals surface area contributed by atoms with Gasteiger partial charge in [-0.15, -0.1) is 11.3 Å². The molecular weight excluding hydrogens is 490 g/mol. The van der Waals surface area contributed by atoms with Gasteiger partial charge in [-0.05, 0) is 63.0 Å². The van der Waals surface area contributed by atoms with Gasteiger partial charge in [0.15, 0.2) is 0 Å². The van der Waals surface area contributed by atoms with E-state index in [1.54, 1.807) is 0 Å². The lowest BCUT2D eigenvalue weighted by Crippen LogP contribution is -1.86. The van der Waals surface area contributed by atoms with Gasteiger partial charge >= 0.3 is 0 Å². The molecule has 2 heteroatoms. The van der Waals surface area contributed by atoms with E-state index in [0.29, 0.717) is 0 Å². The molecule has 6 aromatic carbocycles. The molecule has 0 aliphatic carbocycles. The molecule has 2 aromatic heterocycles. The minimum absolute atomic E-state index is 1.06. The predicted molar refractivity (Wildman–Crippen MR) is 168 cm³/mol. The Morgan fingerprint density at radius 2 is 1.21 bits per heavy atom. The average molecular weight is 514 g/mol. The Morgan fingerprint density at radius 1 is 0.462 bits per heavy atom. The van der Waals surface area contributed by atoms with Crippen molar-refractivity contribution in [2.75, 3.05) is 0 Å². The lowest BCUT2D eigenvalue weighted by molar-refractivity contribution is 1.43. The van der Waals surface area contributed by atoms with Crippen LogP contribution in [0.2, 0.25) is 0 Å². The second kappa shape index (κ2) is 8.90. The van der Waals surface area contributed by atoms with Crippen molar-refractivity contribution >= 4 is 53.2 Å². The maximum Gasteiger partial charge on any atom is 0.0786 e. The van der Waals surface area contributed by atoms with E-state index in [2.05, 4.69) is 127 Å². The third-order valence-corrected chi connectivity index (χ3v) is 8.92. The van der Waals surface area contributed by atoms with Gasteiger partial charge in [0.2, 0.25) is 0 Å². The number of benzene rings is 6. The minimum Gasteiger partial charge on any atom is -0.256 e. The van der Waals surface area contributed by atoms with Gasteiger partial charge in [-0.2, -0.15) is 0 Å². The summed E-state index contributed by atoms with van der Waals surface area (Å²) in [6.45, 7) is 0. The molecule has 0 amide bonds. The van der Waals surface area contributed by atoms with Gasteiger partial charge in [0.05, 0.1) is 5.52 Å². The van der Waals surface area contributed by atoms with Crippen LogP contribution in [-0.4, -0.2) is 4.98 Å². The van der Waals surface area contributed by atoms with E-state index in [0.717, 1.165) is 5.52 Å². The second-order valence-corrected chi connectivity index (χ2v) is 11.0. The van der Waals surface area contributed by atoms with Crippen molar-refractivity contribution in [3.63, 3.8) is 0 Å². The van der Waals surface area contributed by atoms with Crippen molar-refractivity contribution in [2.45, 2.75) is 0 Å². The quantitative estimate of drug-likeness (QED) is 0.214. The van der Waals surface area contributed by atoms with Gasteiger partial charge in [-0.3, -0.25) is 4.98 Å². The highest BCUT2D eigenvalue weighted by atomic mass is 32.1. The zero-order valence-electron chi connectivity index (χ0n) is 21.1. The highest BCUT2D eigenvalue weighted by Crippen LogP contribution is 2.43. The Kier molecular flexibility index (Phi) is 5.07. The number of hydrogen-bond donors (Lipinski definition) is 0. The number of rotatable bonds is 3. The number of hydrogen-bond acceptors (Lipinski definition) is 2. The minimum atomic E-state index is 1.06. The van der Waals surface area contributed by atoms with Crippen LogP contribution in [0.3, 0.4) is 0 Å². The Balaban J connectivity index is 1.32. The average Bonchev–Trinajstić information content (AvgIpc) is 3.39. The van der Waals surface area contributed by atoms with Gasteiger partial charge in [0, 0.05) is 37.1 Å². The van der Waals surface area contributed by atoms with E-state index in [1.807, 2.05) is 23.6 Å². The summed E-state index contributed by atoms with van der Waals surface area (Å²) >= 11 is 1.88. The van der Waals surface area contributed by atoms with Crippen molar-refractivity contribution < 1.29 is 0 Å². The molecule has 0 aliphatic rings. The molecule has 0 saturated carbocycles. The van der Waals surface area contributed by atoms with Gasteiger partial charge in [0.25, 0.3) is 0 Å². The Morgan fingerprint density at radius 3 is 2.15 bits per heavy atom. The Hall–Kier alpha value is -4.79. The topological polar surface area (TPSA) is 12.9 Å². The van der Waals surface area contributed by atoms with E-state index in [-0.39, 0.29) is 0 Å². The van der Waals surface area contributed by atoms with Crippen LogP contribution in [-0.2, 0) is 0 Å². The molecule has 0 aliphatic heterocycles. The number of pyridine rings is 1. The van der Waals surface area contributed by atoms with Crippen molar-refractivity contribution in [2.24, 2.45) is 0 Å². The van der Waals surface area contributed by atoms with Crippen LogP contribution in [0.1, 0.15) is 0 Å². The molecule has 0 saturated heterocycles. The van der Waals surface area contributed by atoms with Crippen LogP contribution >= 0.6 is 11.3 Å². The Bertz CT molecular complexity index is 2170. The second-order valence-electron chi connectivity index (χ2n) is 9.99. The van der Waals surface area contributed by atoms with Gasteiger partial charge in [-0.25, -0.2) is 0 Å². The van der Waals surface area contributed by atoms with E-state index in [9.17, 15) is 0 Å². The fourth-order valence-corrected chi connectivity index (χ4v) is 7.06. The summed E-state index contributed by atoms with van der Waals surface area (Å²) in [5.41, 5.74) is 8.53. The molecule has 0 bridgehead atoms. The van der Waals surface area contributed by atoms with Crippen molar-refractivity contribution in [1.82, 2.24) is 4.98 Å². The van der Waals surface area contributed by atoms with Crippen LogP contribution in [0.25, 0.3) is 75.2 Å². The van der Waals surface area contributed by atoms with E-state index in [1.165, 1.54) is 69.7 Å². The molecule has 8 aromatic rings. The van der Waals surface area contributed by atoms with Crippen molar-refractivity contribution in [1.29, 1.82) is 0 Å². The number of aromatic nitrogens is 1. The highest BCUT2D eigenvalue weighted by molar-refractivity contribution is 7.26. The summed E-state index contributed by atoms with van der Waals surface area (Å²) in [5.74, 6) is 0. The third kappa shape index (κ3) is 3.64. The summed E-state index contributed by atoms with van der Waals surface area (Å²) in [4.78, 5) is 4.77. The van der Waals surface area contributed by atoms with Crippen LogP contribution < -0.4 is 0 Å². The maximum atomic E-state index is 4.77. The van der Waals surface area contributed by atoms with Gasteiger partial charge in [0.1, 0.15) is 0 Å². The summed E-state index contributed by atoms with van der Waals surface area (Å²) in [7, 11) is 0. The van der Waals surface area contributed by atoms with Crippen molar-refractivity contribution in [3.05, 3.63) is 140 Å². The van der Waals surface area contributed by atoms with Crippen molar-refractivity contribution in [3.8, 4) is 33.4 Å². The molecular formula is C37H23NS. The molecule has 39 heavy (non-hydrogen) atoms. The van der Waals surface area contributed by atoms with Crippen LogP contribution in [0, 0.1) is 0 Å². The van der Waals surface area contributed by atoms with E-state index in [4.69, 9.17) is 4.98 Å². The first-order valence-corrected chi connectivity index (χ1v) is 14.0. The summed E-state index contributed by atoms with van der Waals surface area (Å²) in [5, 5.41) is 6.21. The maximum absolute atomic E-state index is 4.77. The highest BCUT2D eigenvalue weighted by Gasteiger charge is 2.14. The number of nitrogens with zero attached hydrogens (tertiary/aromatic N) is 1. The first kappa shape index (κ1) is 22.2. The predicted octanol–water partition coefficient (Wildman–Crippen LogP) is 10.8. The fourth-order valence-electron chi connectivity index (χ4n) is 5.84. The molecule has 182 valence electrons. The molecule has 1 nitrogen and oxygen atoms in total. The third-order valence-electron chi connectivity index (χ3n) is 7.70. The molecule has 0 spiro atoms. The lowest BCUT2D eigenvalue weighted by atomic mass is 9.94. The summed E-state index contributed by atoms with van der Waals surface area (Å²) in [6.07, 6.45) is 1.89. The van der Waals surface area contributed by atoms with Crippen LogP contribution in [0.4, 0.5) is 0 Å². The van der Waals surface area contributed by atoms with Gasteiger partial charge < -0.3 is 0 Å². The van der Waals surface area contributed by atoms with Gasteiger partial charge in [-0.1, -0.05) is 109 Å².